The van der Waals surface area contributed by atoms with Crippen LogP contribution in [-0.4, -0.2) is 20.2 Å². The number of benzene rings is 1. The first-order valence-corrected chi connectivity index (χ1v) is 10.9. The first-order chi connectivity index (χ1) is 10.0. The number of hydrogen-bond acceptors (Lipinski definition) is 2. The van der Waals surface area contributed by atoms with Gasteiger partial charge in [-0.2, -0.15) is 0 Å². The van der Waals surface area contributed by atoms with Crippen molar-refractivity contribution in [1.82, 2.24) is 0 Å². The van der Waals surface area contributed by atoms with E-state index in [9.17, 15) is 4.79 Å². The smallest absolute Gasteiger partial charge is 0.192 e. The molecule has 1 unspecified atom stereocenters. The van der Waals surface area contributed by atoms with Crippen LogP contribution in [0.5, 0.6) is 0 Å². The van der Waals surface area contributed by atoms with Crippen LogP contribution in [-0.2, 0) is 4.43 Å². The van der Waals surface area contributed by atoms with Crippen molar-refractivity contribution in [1.29, 1.82) is 0 Å². The quantitative estimate of drug-likeness (QED) is 0.395. The van der Waals surface area contributed by atoms with Crippen molar-refractivity contribution in [3.8, 4) is 0 Å². The standard InChI is InChI=1S/C19H30O2Si/c1-15(2)18(21-22(6,7)19(3,4)5)14-13-17(20)16-11-9-8-10-12-16/h8-15,18H,1-7H3/b14-13+. The van der Waals surface area contributed by atoms with E-state index in [1.54, 1.807) is 6.08 Å². The third kappa shape index (κ3) is 5.22. The van der Waals surface area contributed by atoms with Crippen molar-refractivity contribution in [2.45, 2.75) is 58.9 Å². The molecule has 0 saturated carbocycles. The lowest BCUT2D eigenvalue weighted by Crippen LogP contribution is -2.44. The zero-order chi connectivity index (χ0) is 17.0. The second-order valence-corrected chi connectivity index (χ2v) is 12.4. The van der Waals surface area contributed by atoms with Gasteiger partial charge < -0.3 is 4.43 Å². The lowest BCUT2D eigenvalue weighted by molar-refractivity contribution is 0.104. The van der Waals surface area contributed by atoms with E-state index in [4.69, 9.17) is 4.43 Å². The maximum atomic E-state index is 12.2. The highest BCUT2D eigenvalue weighted by Crippen LogP contribution is 2.38. The van der Waals surface area contributed by atoms with E-state index in [0.717, 1.165) is 0 Å². The molecule has 2 nitrogen and oxygen atoms in total. The molecule has 0 aliphatic heterocycles. The van der Waals surface area contributed by atoms with Crippen LogP contribution in [0.2, 0.25) is 18.1 Å². The summed E-state index contributed by atoms with van der Waals surface area (Å²) in [5.74, 6) is 0.374. The fourth-order valence-electron chi connectivity index (χ4n) is 1.80. The van der Waals surface area contributed by atoms with Crippen LogP contribution in [0.25, 0.3) is 0 Å². The van der Waals surface area contributed by atoms with Crippen LogP contribution in [0, 0.1) is 5.92 Å². The molecule has 0 radical (unpaired) electrons. The number of allylic oxidation sites excluding steroid dienone is 1. The van der Waals surface area contributed by atoms with Gasteiger partial charge >= 0.3 is 0 Å². The summed E-state index contributed by atoms with van der Waals surface area (Å²) in [5, 5.41) is 0.164. The Bertz CT molecular complexity index is 510. The molecule has 0 aliphatic rings. The Morgan fingerprint density at radius 3 is 2.14 bits per heavy atom. The molecule has 0 N–H and O–H groups in total. The number of ketones is 1. The highest BCUT2D eigenvalue weighted by molar-refractivity contribution is 6.74. The third-order valence-corrected chi connectivity index (χ3v) is 8.86. The van der Waals surface area contributed by atoms with E-state index in [2.05, 4.69) is 47.7 Å². The van der Waals surface area contributed by atoms with Crippen LogP contribution < -0.4 is 0 Å². The molecule has 1 aromatic rings. The van der Waals surface area contributed by atoms with E-state index in [1.165, 1.54) is 0 Å². The van der Waals surface area contributed by atoms with E-state index < -0.39 is 8.32 Å². The molecule has 1 aromatic carbocycles. The molecule has 0 bridgehead atoms. The summed E-state index contributed by atoms with van der Waals surface area (Å²) in [4.78, 5) is 12.2. The summed E-state index contributed by atoms with van der Waals surface area (Å²) in [6.45, 7) is 15.5. The van der Waals surface area contributed by atoms with Crippen LogP contribution in [0.1, 0.15) is 45.0 Å². The van der Waals surface area contributed by atoms with Crippen LogP contribution in [0.15, 0.2) is 42.5 Å². The summed E-state index contributed by atoms with van der Waals surface area (Å²) < 4.78 is 6.45. The van der Waals surface area contributed by atoms with Gasteiger partial charge in [0.05, 0.1) is 6.10 Å². The second-order valence-electron chi connectivity index (χ2n) is 7.68. The molecular weight excluding hydrogens is 288 g/mol. The minimum Gasteiger partial charge on any atom is -0.410 e. The van der Waals surface area contributed by atoms with Gasteiger partial charge in [-0.15, -0.1) is 0 Å². The van der Waals surface area contributed by atoms with Gasteiger partial charge in [-0.25, -0.2) is 0 Å². The van der Waals surface area contributed by atoms with Gasteiger partial charge in [-0.05, 0) is 30.1 Å². The van der Waals surface area contributed by atoms with E-state index in [1.807, 2.05) is 36.4 Å². The summed E-state index contributed by atoms with van der Waals surface area (Å²) in [7, 11) is -1.84. The fourth-order valence-corrected chi connectivity index (χ4v) is 3.18. The predicted octanol–water partition coefficient (Wildman–Crippen LogP) is 5.47. The van der Waals surface area contributed by atoms with Gasteiger partial charge in [0.25, 0.3) is 0 Å². The normalized spacial score (nSPS) is 14.5. The third-order valence-electron chi connectivity index (χ3n) is 4.39. The molecule has 1 rings (SSSR count). The second kappa shape index (κ2) is 7.38. The van der Waals surface area contributed by atoms with E-state index in [0.29, 0.717) is 11.5 Å². The van der Waals surface area contributed by atoms with Crippen molar-refractivity contribution in [2.24, 2.45) is 5.92 Å². The minimum absolute atomic E-state index is 0.0199. The molecule has 22 heavy (non-hydrogen) atoms. The Morgan fingerprint density at radius 1 is 1.14 bits per heavy atom. The lowest BCUT2D eigenvalue weighted by Gasteiger charge is -2.39. The molecule has 0 amide bonds. The first kappa shape index (κ1) is 18.9. The van der Waals surface area contributed by atoms with Gasteiger partial charge in [-0.1, -0.05) is 71.0 Å². The van der Waals surface area contributed by atoms with Crippen molar-refractivity contribution in [3.05, 3.63) is 48.0 Å². The van der Waals surface area contributed by atoms with Crippen LogP contribution in [0.3, 0.4) is 0 Å². The molecule has 0 aromatic heterocycles. The highest BCUT2D eigenvalue weighted by atomic mass is 28.4. The molecule has 0 spiro atoms. The number of hydrogen-bond donors (Lipinski definition) is 0. The number of rotatable bonds is 6. The molecular formula is C19H30O2Si. The van der Waals surface area contributed by atoms with Crippen molar-refractivity contribution < 1.29 is 9.22 Å². The van der Waals surface area contributed by atoms with Gasteiger partial charge in [0.1, 0.15) is 0 Å². The average Bonchev–Trinajstić information content (AvgIpc) is 2.42. The Hall–Kier alpha value is -1.19. The van der Waals surface area contributed by atoms with Crippen molar-refractivity contribution in [3.63, 3.8) is 0 Å². The fraction of sp³-hybridized carbons (Fsp3) is 0.526. The van der Waals surface area contributed by atoms with Gasteiger partial charge in [0, 0.05) is 5.56 Å². The molecule has 122 valence electrons. The number of carbonyl (C=O) groups excluding carboxylic acids is 1. The topological polar surface area (TPSA) is 26.3 Å². The first-order valence-electron chi connectivity index (χ1n) is 8.00. The summed E-state index contributed by atoms with van der Waals surface area (Å²) in [6, 6.07) is 9.36. The zero-order valence-corrected chi connectivity index (χ0v) is 16.0. The molecule has 1 atom stereocenters. The Labute approximate surface area is 136 Å². The summed E-state index contributed by atoms with van der Waals surface area (Å²) >= 11 is 0. The minimum atomic E-state index is -1.84. The van der Waals surface area contributed by atoms with Gasteiger partial charge in [0.15, 0.2) is 14.1 Å². The molecule has 0 aliphatic carbocycles. The molecule has 0 fully saturated rings. The van der Waals surface area contributed by atoms with Gasteiger partial charge in [0.2, 0.25) is 0 Å². The largest absolute Gasteiger partial charge is 0.410 e. The van der Waals surface area contributed by atoms with Crippen molar-refractivity contribution in [2.75, 3.05) is 0 Å². The van der Waals surface area contributed by atoms with Gasteiger partial charge in [-0.3, -0.25) is 4.79 Å². The summed E-state index contributed by atoms with van der Waals surface area (Å²) in [6.07, 6.45) is 3.57. The molecule has 0 saturated heterocycles. The Balaban J connectivity index is 2.85. The Kier molecular flexibility index (Phi) is 6.33. The van der Waals surface area contributed by atoms with E-state index >= 15 is 0 Å². The Morgan fingerprint density at radius 2 is 1.68 bits per heavy atom. The van der Waals surface area contributed by atoms with Crippen LogP contribution in [0.4, 0.5) is 0 Å². The summed E-state index contributed by atoms with van der Waals surface area (Å²) in [5.41, 5.74) is 0.716. The SMILES string of the molecule is CC(C)C(/C=C/C(=O)c1ccccc1)O[Si](C)(C)C(C)(C)C. The maximum Gasteiger partial charge on any atom is 0.192 e. The average molecular weight is 319 g/mol. The molecule has 3 heteroatoms. The maximum absolute atomic E-state index is 12.2. The van der Waals surface area contributed by atoms with E-state index in [-0.39, 0.29) is 16.9 Å². The lowest BCUT2D eigenvalue weighted by atomic mass is 10.1. The zero-order valence-electron chi connectivity index (χ0n) is 15.0. The van der Waals surface area contributed by atoms with Crippen molar-refractivity contribution >= 4 is 14.1 Å². The molecule has 0 heterocycles. The van der Waals surface area contributed by atoms with Crippen LogP contribution >= 0.6 is 0 Å². The highest BCUT2D eigenvalue weighted by Gasteiger charge is 2.39. The predicted molar refractivity (Wildman–Crippen MR) is 96.8 cm³/mol. The monoisotopic (exact) mass is 318 g/mol. The number of carbonyl (C=O) groups is 1.